The quantitative estimate of drug-likeness (QED) is 0.678. The van der Waals surface area contributed by atoms with E-state index in [2.05, 4.69) is 15.0 Å². The zero-order valence-electron chi connectivity index (χ0n) is 10.8. The van der Waals surface area contributed by atoms with Crippen LogP contribution < -0.4 is 0 Å². The first-order valence-corrected chi connectivity index (χ1v) is 6.58. The number of carbonyl (C=O) groups is 1. The molecule has 19 heavy (non-hydrogen) atoms. The van der Waals surface area contributed by atoms with Crippen LogP contribution in [0, 0.1) is 20.8 Å². The second-order valence-corrected chi connectivity index (χ2v) is 4.95. The predicted molar refractivity (Wildman–Crippen MR) is 69.3 cm³/mol. The second kappa shape index (κ2) is 5.40. The molecule has 0 aliphatic carbocycles. The fourth-order valence-electron chi connectivity index (χ4n) is 1.64. The Morgan fingerprint density at radius 3 is 2.68 bits per heavy atom. The topological polar surface area (TPSA) is 89.1 Å². The van der Waals surface area contributed by atoms with Gasteiger partial charge in [0.15, 0.2) is 6.39 Å². The van der Waals surface area contributed by atoms with Crippen LogP contribution in [0.15, 0.2) is 15.8 Å². The van der Waals surface area contributed by atoms with Crippen molar-refractivity contribution >= 4 is 17.7 Å². The van der Waals surface area contributed by atoms with Crippen molar-refractivity contribution in [3.8, 4) is 0 Å². The van der Waals surface area contributed by atoms with Crippen LogP contribution in [0.5, 0.6) is 0 Å². The summed E-state index contributed by atoms with van der Waals surface area (Å²) in [6, 6.07) is 0. The van der Waals surface area contributed by atoms with E-state index in [0.717, 1.165) is 11.5 Å². The van der Waals surface area contributed by atoms with Gasteiger partial charge < -0.3 is 9.52 Å². The summed E-state index contributed by atoms with van der Waals surface area (Å²) < 4.78 is 5.10. The normalized spacial score (nSPS) is 10.7. The molecule has 0 amide bonds. The number of aryl methyl sites for hydroxylation is 3. The Bertz CT molecular complexity index is 625. The van der Waals surface area contributed by atoms with Crippen molar-refractivity contribution in [2.24, 2.45) is 0 Å². The summed E-state index contributed by atoms with van der Waals surface area (Å²) in [5.74, 6) is 0.782. The number of carboxylic acids is 1. The van der Waals surface area contributed by atoms with Gasteiger partial charge in [-0.15, -0.1) is 0 Å². The number of carboxylic acid groups (broad SMARTS) is 1. The van der Waals surface area contributed by atoms with Crippen molar-refractivity contribution in [1.82, 2.24) is 15.0 Å². The third kappa shape index (κ3) is 2.93. The third-order valence-corrected chi connectivity index (χ3v) is 3.56. The number of aromatic nitrogens is 3. The molecule has 0 bridgehead atoms. The molecule has 0 aliphatic heterocycles. The molecule has 2 aromatic rings. The molecule has 100 valence electrons. The predicted octanol–water partition coefficient (Wildman–Crippen LogP) is 2.38. The van der Waals surface area contributed by atoms with Gasteiger partial charge in [0.05, 0.1) is 11.4 Å². The van der Waals surface area contributed by atoms with Gasteiger partial charge in [0.25, 0.3) is 0 Å². The summed E-state index contributed by atoms with van der Waals surface area (Å²) in [6.45, 7) is 5.23. The average molecular weight is 279 g/mol. The van der Waals surface area contributed by atoms with Gasteiger partial charge in [0.1, 0.15) is 22.2 Å². The Hall–Kier alpha value is -1.89. The van der Waals surface area contributed by atoms with E-state index >= 15 is 0 Å². The zero-order chi connectivity index (χ0) is 14.0. The van der Waals surface area contributed by atoms with Crippen LogP contribution in [0.4, 0.5) is 0 Å². The largest absolute Gasteiger partial charge is 0.478 e. The van der Waals surface area contributed by atoms with Gasteiger partial charge in [-0.3, -0.25) is 0 Å². The number of rotatable bonds is 4. The Morgan fingerprint density at radius 2 is 2.11 bits per heavy atom. The molecule has 0 aliphatic rings. The van der Waals surface area contributed by atoms with Gasteiger partial charge in [0, 0.05) is 5.75 Å². The van der Waals surface area contributed by atoms with Crippen LogP contribution in [-0.2, 0) is 5.75 Å². The Balaban J connectivity index is 2.29. The molecule has 0 saturated heterocycles. The first-order chi connectivity index (χ1) is 8.99. The summed E-state index contributed by atoms with van der Waals surface area (Å²) >= 11 is 1.32. The summed E-state index contributed by atoms with van der Waals surface area (Å²) in [5.41, 5.74) is 1.41. The Labute approximate surface area is 114 Å². The number of oxazole rings is 1. The fourth-order valence-corrected chi connectivity index (χ4v) is 2.76. The fraction of sp³-hybridized carbons (Fsp3) is 0.333. The second-order valence-electron chi connectivity index (χ2n) is 3.99. The van der Waals surface area contributed by atoms with Gasteiger partial charge >= 0.3 is 5.97 Å². The van der Waals surface area contributed by atoms with Crippen LogP contribution in [0.25, 0.3) is 0 Å². The van der Waals surface area contributed by atoms with Crippen LogP contribution in [0.1, 0.15) is 33.3 Å². The maximum atomic E-state index is 11.3. The average Bonchev–Trinajstić information content (AvgIpc) is 2.70. The molecule has 0 atom stereocenters. The summed E-state index contributed by atoms with van der Waals surface area (Å²) in [4.78, 5) is 23.6. The van der Waals surface area contributed by atoms with Crippen molar-refractivity contribution in [2.75, 3.05) is 0 Å². The minimum atomic E-state index is -1.02. The Morgan fingerprint density at radius 1 is 1.37 bits per heavy atom. The highest BCUT2D eigenvalue weighted by Crippen LogP contribution is 2.26. The molecule has 0 radical (unpaired) electrons. The highest BCUT2D eigenvalue weighted by atomic mass is 32.2. The molecule has 6 nitrogen and oxygen atoms in total. The number of hydrogen-bond donors (Lipinski definition) is 1. The molecular weight excluding hydrogens is 266 g/mol. The van der Waals surface area contributed by atoms with Crippen LogP contribution in [-0.4, -0.2) is 26.0 Å². The molecular formula is C12H13N3O3S. The maximum Gasteiger partial charge on any atom is 0.340 e. The van der Waals surface area contributed by atoms with Gasteiger partial charge in [-0.05, 0) is 20.8 Å². The molecule has 2 aromatic heterocycles. The molecule has 0 fully saturated rings. The lowest BCUT2D eigenvalue weighted by Gasteiger charge is -2.07. The monoisotopic (exact) mass is 279 g/mol. The van der Waals surface area contributed by atoms with E-state index in [1.807, 2.05) is 6.92 Å². The minimum absolute atomic E-state index is 0.150. The smallest absolute Gasteiger partial charge is 0.340 e. The molecule has 0 saturated carbocycles. The van der Waals surface area contributed by atoms with E-state index in [0.29, 0.717) is 22.3 Å². The van der Waals surface area contributed by atoms with Crippen LogP contribution in [0.2, 0.25) is 0 Å². The van der Waals surface area contributed by atoms with Crippen molar-refractivity contribution < 1.29 is 14.3 Å². The van der Waals surface area contributed by atoms with Gasteiger partial charge in [0.2, 0.25) is 0 Å². The summed E-state index contributed by atoms with van der Waals surface area (Å²) in [6.07, 6.45) is 1.37. The van der Waals surface area contributed by atoms with E-state index in [1.54, 1.807) is 13.8 Å². The van der Waals surface area contributed by atoms with Crippen LogP contribution >= 0.6 is 11.8 Å². The first-order valence-electron chi connectivity index (χ1n) is 5.59. The first kappa shape index (κ1) is 13.5. The SMILES string of the molecule is Cc1nc(C)c(C(=O)O)c(SCc2ncoc2C)n1. The van der Waals surface area contributed by atoms with Gasteiger partial charge in [-0.1, -0.05) is 11.8 Å². The lowest BCUT2D eigenvalue weighted by atomic mass is 10.2. The standard InChI is InChI=1S/C12H13N3O3S/c1-6-10(12(16)17)11(15-8(3)14-6)19-4-9-7(2)18-5-13-9/h5H,4H2,1-3H3,(H,16,17). The lowest BCUT2D eigenvalue weighted by molar-refractivity contribution is 0.0690. The Kier molecular flexibility index (Phi) is 3.84. The van der Waals surface area contributed by atoms with Gasteiger partial charge in [-0.25, -0.2) is 19.7 Å². The number of hydrogen-bond acceptors (Lipinski definition) is 6. The van der Waals surface area contributed by atoms with E-state index in [-0.39, 0.29) is 5.56 Å². The third-order valence-electron chi connectivity index (χ3n) is 2.57. The lowest BCUT2D eigenvalue weighted by Crippen LogP contribution is -2.08. The van der Waals surface area contributed by atoms with E-state index in [9.17, 15) is 9.90 Å². The molecule has 2 heterocycles. The van der Waals surface area contributed by atoms with Crippen LogP contribution in [0.3, 0.4) is 0 Å². The summed E-state index contributed by atoms with van der Waals surface area (Å²) in [5, 5.41) is 9.68. The van der Waals surface area contributed by atoms with Crippen molar-refractivity contribution in [1.29, 1.82) is 0 Å². The van der Waals surface area contributed by atoms with E-state index < -0.39 is 5.97 Å². The van der Waals surface area contributed by atoms with Crippen molar-refractivity contribution in [2.45, 2.75) is 31.6 Å². The zero-order valence-corrected chi connectivity index (χ0v) is 11.6. The molecule has 0 spiro atoms. The summed E-state index contributed by atoms with van der Waals surface area (Å²) in [7, 11) is 0. The number of thioether (sulfide) groups is 1. The molecule has 0 aromatic carbocycles. The van der Waals surface area contributed by atoms with E-state index in [1.165, 1.54) is 18.2 Å². The highest BCUT2D eigenvalue weighted by Gasteiger charge is 2.18. The van der Waals surface area contributed by atoms with Gasteiger partial charge in [-0.2, -0.15) is 0 Å². The number of aromatic carboxylic acids is 1. The highest BCUT2D eigenvalue weighted by molar-refractivity contribution is 7.98. The number of nitrogens with zero attached hydrogens (tertiary/aromatic N) is 3. The molecule has 1 N–H and O–H groups in total. The van der Waals surface area contributed by atoms with E-state index in [4.69, 9.17) is 4.42 Å². The molecule has 0 unspecified atom stereocenters. The maximum absolute atomic E-state index is 11.3. The minimum Gasteiger partial charge on any atom is -0.478 e. The molecule has 2 rings (SSSR count). The van der Waals surface area contributed by atoms with Crippen molar-refractivity contribution in [3.05, 3.63) is 34.9 Å². The molecule has 7 heteroatoms. The van der Waals surface area contributed by atoms with Crippen molar-refractivity contribution in [3.63, 3.8) is 0 Å².